The van der Waals surface area contributed by atoms with Gasteiger partial charge in [-0.05, 0) is 19.1 Å². The molecule has 0 aliphatic carbocycles. The van der Waals surface area contributed by atoms with Crippen LogP contribution in [0.3, 0.4) is 0 Å². The van der Waals surface area contributed by atoms with Crippen LogP contribution < -0.4 is 0 Å². The number of nitrogens with zero attached hydrogens (tertiary/aromatic N) is 4. The smallest absolute Gasteiger partial charge is 0.257 e. The average molecular weight is 427 g/mol. The van der Waals surface area contributed by atoms with Gasteiger partial charge in [0.15, 0.2) is 0 Å². The number of piperazine rings is 1. The molecule has 2 aromatic rings. The minimum atomic E-state index is -0.221. The van der Waals surface area contributed by atoms with E-state index in [2.05, 4.69) is 44.7 Å². The Hall–Kier alpha value is -2.22. The zero-order valence-corrected chi connectivity index (χ0v) is 19.1. The van der Waals surface area contributed by atoms with Gasteiger partial charge >= 0.3 is 0 Å². The van der Waals surface area contributed by atoms with Gasteiger partial charge in [0, 0.05) is 44.3 Å². The number of carbonyl (C=O) groups is 1. The lowest BCUT2D eigenvalue weighted by molar-refractivity contribution is -0.0994. The molecule has 0 unspecified atom stereocenters. The van der Waals surface area contributed by atoms with Gasteiger partial charge < -0.3 is 14.4 Å². The van der Waals surface area contributed by atoms with Crippen molar-refractivity contribution in [2.24, 2.45) is 0 Å². The summed E-state index contributed by atoms with van der Waals surface area (Å²) in [5.74, 6) is 0.0696. The number of aromatic nitrogens is 2. The summed E-state index contributed by atoms with van der Waals surface area (Å²) in [5, 5.41) is 4.82. The molecule has 2 saturated heterocycles. The first-order valence-electron chi connectivity index (χ1n) is 11.2. The molecule has 7 nitrogen and oxygen atoms in total. The second-order valence-corrected chi connectivity index (χ2v) is 9.58. The van der Waals surface area contributed by atoms with Crippen LogP contribution in [-0.4, -0.2) is 84.1 Å². The van der Waals surface area contributed by atoms with Gasteiger partial charge in [0.2, 0.25) is 0 Å². The fraction of sp³-hybridized carbons (Fsp3) is 0.583. The van der Waals surface area contributed by atoms with Crippen LogP contribution in [0.2, 0.25) is 0 Å². The van der Waals surface area contributed by atoms with Crippen LogP contribution in [0.25, 0.3) is 5.69 Å². The van der Waals surface area contributed by atoms with Crippen molar-refractivity contribution in [3.8, 4) is 5.69 Å². The van der Waals surface area contributed by atoms with E-state index in [1.807, 2.05) is 27.9 Å². The van der Waals surface area contributed by atoms with Gasteiger partial charge in [-0.1, -0.05) is 38.5 Å². The summed E-state index contributed by atoms with van der Waals surface area (Å²) >= 11 is 0. The van der Waals surface area contributed by atoms with E-state index in [4.69, 9.17) is 14.6 Å². The maximum Gasteiger partial charge on any atom is 0.257 e. The highest BCUT2D eigenvalue weighted by molar-refractivity contribution is 5.95. The third-order valence-corrected chi connectivity index (χ3v) is 5.96. The molecule has 4 rings (SSSR count). The molecule has 0 saturated carbocycles. The maximum absolute atomic E-state index is 13.5. The molecule has 3 heterocycles. The monoisotopic (exact) mass is 426 g/mol. The second-order valence-electron chi connectivity index (χ2n) is 9.58. The highest BCUT2D eigenvalue weighted by atomic mass is 16.6. The first-order valence-corrected chi connectivity index (χ1v) is 11.2. The maximum atomic E-state index is 13.5. The van der Waals surface area contributed by atoms with Crippen LogP contribution in [0.15, 0.2) is 30.5 Å². The topological polar surface area (TPSA) is 59.8 Å². The van der Waals surface area contributed by atoms with Crippen molar-refractivity contribution in [1.29, 1.82) is 0 Å². The predicted octanol–water partition coefficient (Wildman–Crippen LogP) is 2.65. The highest BCUT2D eigenvalue weighted by Crippen LogP contribution is 2.27. The van der Waals surface area contributed by atoms with E-state index in [1.165, 1.54) is 5.56 Å². The molecule has 1 aromatic heterocycles. The van der Waals surface area contributed by atoms with Crippen molar-refractivity contribution < 1.29 is 14.3 Å². The number of benzene rings is 1. The van der Waals surface area contributed by atoms with Gasteiger partial charge in [-0.25, -0.2) is 4.68 Å². The molecular weight excluding hydrogens is 392 g/mol. The number of aryl methyl sites for hydroxylation is 1. The Bertz CT molecular complexity index is 887. The van der Waals surface area contributed by atoms with Crippen molar-refractivity contribution in [3.63, 3.8) is 0 Å². The summed E-state index contributed by atoms with van der Waals surface area (Å²) in [5.41, 5.74) is 3.49. The summed E-state index contributed by atoms with van der Waals surface area (Å²) in [4.78, 5) is 17.8. The molecule has 0 bridgehead atoms. The predicted molar refractivity (Wildman–Crippen MR) is 120 cm³/mol. The first-order chi connectivity index (χ1) is 14.8. The van der Waals surface area contributed by atoms with Crippen LogP contribution >= 0.6 is 0 Å². The zero-order valence-electron chi connectivity index (χ0n) is 19.1. The van der Waals surface area contributed by atoms with Crippen molar-refractivity contribution in [2.75, 3.05) is 52.5 Å². The van der Waals surface area contributed by atoms with E-state index in [-0.39, 0.29) is 17.4 Å². The Morgan fingerprint density at radius 1 is 1.10 bits per heavy atom. The van der Waals surface area contributed by atoms with Crippen LogP contribution in [0.4, 0.5) is 0 Å². The van der Waals surface area contributed by atoms with E-state index in [1.54, 1.807) is 0 Å². The number of rotatable bonds is 4. The van der Waals surface area contributed by atoms with Crippen LogP contribution in [-0.2, 0) is 14.9 Å². The van der Waals surface area contributed by atoms with Gasteiger partial charge in [0.1, 0.15) is 0 Å². The summed E-state index contributed by atoms with van der Waals surface area (Å²) in [6.07, 6.45) is 2.03. The van der Waals surface area contributed by atoms with Crippen molar-refractivity contribution in [3.05, 3.63) is 47.3 Å². The molecule has 2 fully saturated rings. The first kappa shape index (κ1) is 22.0. The van der Waals surface area contributed by atoms with Gasteiger partial charge in [0.05, 0.1) is 42.9 Å². The van der Waals surface area contributed by atoms with Crippen molar-refractivity contribution in [2.45, 2.75) is 39.2 Å². The lowest BCUT2D eigenvalue weighted by Gasteiger charge is -2.37. The summed E-state index contributed by atoms with van der Waals surface area (Å²) < 4.78 is 13.1. The third-order valence-electron chi connectivity index (χ3n) is 5.96. The number of hydrogen-bond donors (Lipinski definition) is 0. The molecule has 1 atom stereocenters. The molecule has 1 amide bonds. The van der Waals surface area contributed by atoms with Crippen LogP contribution in [0.5, 0.6) is 0 Å². The standard InChI is InChI=1S/C24H34N4O3/c1-18-5-7-19(8-6-18)28-16-21(22(25-28)24(2,3)4)23(29)27-11-9-26(10-12-27)15-20-17-30-13-14-31-20/h5-8,16,20H,9-15,17H2,1-4H3/t20-/m0/s1. The van der Waals surface area contributed by atoms with Crippen LogP contribution in [0, 0.1) is 6.92 Å². The molecule has 0 radical (unpaired) electrons. The van der Waals surface area contributed by atoms with E-state index in [0.29, 0.717) is 38.5 Å². The molecule has 2 aliphatic heterocycles. The number of ether oxygens (including phenoxy) is 2. The van der Waals surface area contributed by atoms with E-state index >= 15 is 0 Å². The Kier molecular flexibility index (Phi) is 6.46. The Labute approximate surface area is 184 Å². The SMILES string of the molecule is Cc1ccc(-n2cc(C(=O)N3CCN(C[C@H]4COCCO4)CC3)c(C(C)(C)C)n2)cc1. The van der Waals surface area contributed by atoms with E-state index in [9.17, 15) is 4.79 Å². The Morgan fingerprint density at radius 3 is 2.42 bits per heavy atom. The fourth-order valence-corrected chi connectivity index (χ4v) is 4.15. The van der Waals surface area contributed by atoms with E-state index < -0.39 is 0 Å². The molecule has 0 N–H and O–H groups in total. The van der Waals surface area contributed by atoms with Crippen molar-refractivity contribution >= 4 is 5.91 Å². The average Bonchev–Trinajstić information content (AvgIpc) is 3.21. The van der Waals surface area contributed by atoms with Gasteiger partial charge in [-0.3, -0.25) is 9.69 Å². The summed E-state index contributed by atoms with van der Waals surface area (Å²) in [6, 6.07) is 8.21. The fourth-order valence-electron chi connectivity index (χ4n) is 4.15. The zero-order chi connectivity index (χ0) is 22.0. The second kappa shape index (κ2) is 9.10. The molecular formula is C24H34N4O3. The number of hydrogen-bond acceptors (Lipinski definition) is 5. The Balaban J connectivity index is 1.47. The molecule has 31 heavy (non-hydrogen) atoms. The minimum Gasteiger partial charge on any atom is -0.376 e. The minimum absolute atomic E-state index is 0.0696. The van der Waals surface area contributed by atoms with Gasteiger partial charge in [-0.15, -0.1) is 0 Å². The summed E-state index contributed by atoms with van der Waals surface area (Å²) in [6.45, 7) is 14.4. The molecule has 1 aromatic carbocycles. The van der Waals surface area contributed by atoms with Gasteiger partial charge in [-0.2, -0.15) is 5.10 Å². The normalized spacial score (nSPS) is 20.8. The van der Waals surface area contributed by atoms with Crippen LogP contribution in [0.1, 0.15) is 42.4 Å². The number of carbonyl (C=O) groups excluding carboxylic acids is 1. The van der Waals surface area contributed by atoms with Gasteiger partial charge in [0.25, 0.3) is 5.91 Å². The largest absolute Gasteiger partial charge is 0.376 e. The quantitative estimate of drug-likeness (QED) is 0.752. The highest BCUT2D eigenvalue weighted by Gasteiger charge is 2.31. The Morgan fingerprint density at radius 2 is 1.81 bits per heavy atom. The lowest BCUT2D eigenvalue weighted by Crippen LogP contribution is -2.51. The summed E-state index contributed by atoms with van der Waals surface area (Å²) in [7, 11) is 0. The third kappa shape index (κ3) is 5.17. The lowest BCUT2D eigenvalue weighted by atomic mass is 9.89. The molecule has 7 heteroatoms. The molecule has 168 valence electrons. The van der Waals surface area contributed by atoms with Crippen molar-refractivity contribution in [1.82, 2.24) is 19.6 Å². The molecule has 0 spiro atoms. The molecule has 2 aliphatic rings. The van der Waals surface area contributed by atoms with E-state index in [0.717, 1.165) is 31.0 Å². The number of amides is 1.